The second-order valence-corrected chi connectivity index (χ2v) is 4.50. The van der Waals surface area contributed by atoms with E-state index in [0.29, 0.717) is 23.3 Å². The third-order valence-electron chi connectivity index (χ3n) is 3.42. The summed E-state index contributed by atoms with van der Waals surface area (Å²) in [6.07, 6.45) is 4.10. The lowest BCUT2D eigenvalue weighted by molar-refractivity contribution is 0.560. The van der Waals surface area contributed by atoms with Crippen molar-refractivity contribution in [3.63, 3.8) is 0 Å². The summed E-state index contributed by atoms with van der Waals surface area (Å²) in [7, 11) is 1.90. The Labute approximate surface area is 95.5 Å². The van der Waals surface area contributed by atoms with Crippen molar-refractivity contribution >= 4 is 5.82 Å². The minimum Gasteiger partial charge on any atom is -0.354 e. The molecule has 0 aromatic carbocycles. The van der Waals surface area contributed by atoms with Gasteiger partial charge in [-0.1, -0.05) is 0 Å². The molecule has 0 aliphatic heterocycles. The van der Waals surface area contributed by atoms with Crippen LogP contribution in [0.25, 0.3) is 0 Å². The highest BCUT2D eigenvalue weighted by molar-refractivity contribution is 5.43. The van der Waals surface area contributed by atoms with E-state index in [0.717, 1.165) is 0 Å². The summed E-state index contributed by atoms with van der Waals surface area (Å²) in [5, 5.41) is 0. The molecule has 0 saturated heterocycles. The van der Waals surface area contributed by atoms with Crippen LogP contribution in [0.4, 0.5) is 10.2 Å². The Kier molecular flexibility index (Phi) is 3.10. The van der Waals surface area contributed by atoms with Crippen LogP contribution in [0.3, 0.4) is 0 Å². The number of hydrogen-bond acceptors (Lipinski definition) is 3. The van der Waals surface area contributed by atoms with Gasteiger partial charge in [0, 0.05) is 31.4 Å². The molecule has 2 rings (SSSR count). The van der Waals surface area contributed by atoms with Crippen molar-refractivity contribution in [2.75, 3.05) is 11.9 Å². The largest absolute Gasteiger partial charge is 0.354 e. The molecule has 1 heterocycles. The first-order chi connectivity index (χ1) is 7.65. The third kappa shape index (κ3) is 2.02. The molecule has 0 amide bonds. The molecule has 1 saturated carbocycles. The minimum absolute atomic E-state index is 0.215. The number of aromatic nitrogens is 1. The lowest BCUT2D eigenvalue weighted by Gasteiger charge is -2.26. The van der Waals surface area contributed by atoms with Crippen molar-refractivity contribution < 1.29 is 4.39 Å². The fourth-order valence-corrected chi connectivity index (χ4v) is 1.96. The van der Waals surface area contributed by atoms with E-state index in [1.54, 1.807) is 12.3 Å². The van der Waals surface area contributed by atoms with Crippen LogP contribution in [0, 0.1) is 11.7 Å². The van der Waals surface area contributed by atoms with Gasteiger partial charge in [-0.05, 0) is 31.7 Å². The number of pyridine rings is 1. The lowest BCUT2D eigenvalue weighted by Crippen LogP contribution is -2.32. The first-order valence-electron chi connectivity index (χ1n) is 5.71. The van der Waals surface area contributed by atoms with E-state index in [4.69, 9.17) is 5.73 Å². The van der Waals surface area contributed by atoms with Gasteiger partial charge >= 0.3 is 0 Å². The van der Waals surface area contributed by atoms with Crippen LogP contribution < -0.4 is 10.6 Å². The minimum atomic E-state index is -0.278. The molecule has 1 aliphatic carbocycles. The maximum absolute atomic E-state index is 14.0. The Morgan fingerprint density at radius 2 is 2.31 bits per heavy atom. The predicted molar refractivity (Wildman–Crippen MR) is 62.7 cm³/mol. The SMILES string of the molecule is CC(C1CC1)N(C)c1nccc(CN)c1F. The first kappa shape index (κ1) is 11.3. The molecule has 16 heavy (non-hydrogen) atoms. The Hall–Kier alpha value is -1.16. The van der Waals surface area contributed by atoms with E-state index in [-0.39, 0.29) is 12.4 Å². The van der Waals surface area contributed by atoms with E-state index in [1.165, 1.54) is 12.8 Å². The standard InChI is InChI=1S/C12H18FN3/c1-8(9-3-4-9)16(2)12-11(13)10(7-14)5-6-15-12/h5-6,8-9H,3-4,7,14H2,1-2H3. The van der Waals surface area contributed by atoms with Crippen molar-refractivity contribution in [2.24, 2.45) is 11.7 Å². The molecular formula is C12H18FN3. The lowest BCUT2D eigenvalue weighted by atomic mass is 10.1. The Bertz CT molecular complexity index is 377. The van der Waals surface area contributed by atoms with Gasteiger partial charge in [-0.15, -0.1) is 0 Å². The second kappa shape index (κ2) is 4.37. The summed E-state index contributed by atoms with van der Waals surface area (Å²) >= 11 is 0. The van der Waals surface area contributed by atoms with Crippen molar-refractivity contribution in [1.29, 1.82) is 0 Å². The Balaban J connectivity index is 2.24. The second-order valence-electron chi connectivity index (χ2n) is 4.50. The molecule has 0 bridgehead atoms. The molecule has 1 aliphatic rings. The van der Waals surface area contributed by atoms with Crippen LogP contribution in [-0.2, 0) is 6.54 Å². The van der Waals surface area contributed by atoms with Gasteiger partial charge in [0.05, 0.1) is 0 Å². The summed E-state index contributed by atoms with van der Waals surface area (Å²) in [5.41, 5.74) is 6.01. The molecular weight excluding hydrogens is 205 g/mol. The van der Waals surface area contributed by atoms with Crippen molar-refractivity contribution in [1.82, 2.24) is 4.98 Å². The zero-order valence-electron chi connectivity index (χ0n) is 9.78. The van der Waals surface area contributed by atoms with E-state index in [1.807, 2.05) is 11.9 Å². The quantitative estimate of drug-likeness (QED) is 0.848. The molecule has 0 radical (unpaired) electrons. The van der Waals surface area contributed by atoms with Crippen LogP contribution in [0.5, 0.6) is 0 Å². The summed E-state index contributed by atoms with van der Waals surface area (Å²) in [6.45, 7) is 2.33. The molecule has 1 aromatic rings. The van der Waals surface area contributed by atoms with E-state index < -0.39 is 0 Å². The number of halogens is 1. The van der Waals surface area contributed by atoms with Crippen LogP contribution in [0.2, 0.25) is 0 Å². The van der Waals surface area contributed by atoms with Crippen molar-refractivity contribution in [2.45, 2.75) is 32.4 Å². The van der Waals surface area contributed by atoms with Crippen LogP contribution in [0.15, 0.2) is 12.3 Å². The predicted octanol–water partition coefficient (Wildman–Crippen LogP) is 1.91. The fraction of sp³-hybridized carbons (Fsp3) is 0.583. The van der Waals surface area contributed by atoms with Gasteiger partial charge in [-0.3, -0.25) is 0 Å². The topological polar surface area (TPSA) is 42.2 Å². The Morgan fingerprint density at radius 3 is 2.88 bits per heavy atom. The van der Waals surface area contributed by atoms with Gasteiger partial charge in [0.1, 0.15) is 0 Å². The third-order valence-corrected chi connectivity index (χ3v) is 3.42. The molecule has 1 aromatic heterocycles. The van der Waals surface area contributed by atoms with Crippen molar-refractivity contribution in [3.05, 3.63) is 23.6 Å². The number of rotatable bonds is 4. The zero-order chi connectivity index (χ0) is 11.7. The van der Waals surface area contributed by atoms with E-state index in [9.17, 15) is 4.39 Å². The van der Waals surface area contributed by atoms with Gasteiger partial charge in [0.15, 0.2) is 11.6 Å². The summed E-state index contributed by atoms with van der Waals surface area (Å²) < 4.78 is 14.0. The molecule has 1 fully saturated rings. The highest BCUT2D eigenvalue weighted by Crippen LogP contribution is 2.36. The number of anilines is 1. The summed E-state index contributed by atoms with van der Waals surface area (Å²) in [5.74, 6) is 0.829. The zero-order valence-corrected chi connectivity index (χ0v) is 9.78. The average molecular weight is 223 g/mol. The fourth-order valence-electron chi connectivity index (χ4n) is 1.96. The van der Waals surface area contributed by atoms with Gasteiger partial charge < -0.3 is 10.6 Å². The van der Waals surface area contributed by atoms with Gasteiger partial charge in [0.25, 0.3) is 0 Å². The summed E-state index contributed by atoms with van der Waals surface area (Å²) in [4.78, 5) is 6.04. The summed E-state index contributed by atoms with van der Waals surface area (Å²) in [6, 6.07) is 1.98. The molecule has 3 nitrogen and oxygen atoms in total. The molecule has 4 heteroatoms. The monoisotopic (exact) mass is 223 g/mol. The Morgan fingerprint density at radius 1 is 1.62 bits per heavy atom. The number of nitrogens with zero attached hydrogens (tertiary/aromatic N) is 2. The van der Waals surface area contributed by atoms with Crippen LogP contribution >= 0.6 is 0 Å². The average Bonchev–Trinajstić information content (AvgIpc) is 3.11. The normalized spacial score (nSPS) is 17.2. The van der Waals surface area contributed by atoms with Gasteiger partial charge in [-0.2, -0.15) is 0 Å². The molecule has 1 atom stereocenters. The highest BCUT2D eigenvalue weighted by atomic mass is 19.1. The molecule has 0 spiro atoms. The highest BCUT2D eigenvalue weighted by Gasteiger charge is 2.32. The van der Waals surface area contributed by atoms with Crippen molar-refractivity contribution in [3.8, 4) is 0 Å². The number of nitrogens with two attached hydrogens (primary N) is 1. The molecule has 88 valence electrons. The van der Waals surface area contributed by atoms with Crippen LogP contribution in [-0.4, -0.2) is 18.1 Å². The first-order valence-corrected chi connectivity index (χ1v) is 5.71. The van der Waals surface area contributed by atoms with Crippen LogP contribution in [0.1, 0.15) is 25.3 Å². The van der Waals surface area contributed by atoms with E-state index >= 15 is 0 Å². The smallest absolute Gasteiger partial charge is 0.170 e. The maximum Gasteiger partial charge on any atom is 0.170 e. The number of hydrogen-bond donors (Lipinski definition) is 1. The molecule has 2 N–H and O–H groups in total. The maximum atomic E-state index is 14.0. The van der Waals surface area contributed by atoms with Gasteiger partial charge in [-0.25, -0.2) is 9.37 Å². The van der Waals surface area contributed by atoms with E-state index in [2.05, 4.69) is 11.9 Å². The van der Waals surface area contributed by atoms with Gasteiger partial charge in [0.2, 0.25) is 0 Å². The molecule has 1 unspecified atom stereocenters.